The van der Waals surface area contributed by atoms with Crippen LogP contribution >= 0.6 is 11.3 Å². The van der Waals surface area contributed by atoms with Crippen molar-refractivity contribution in [3.63, 3.8) is 0 Å². The second-order valence-corrected chi connectivity index (χ2v) is 6.00. The zero-order valence-electron chi connectivity index (χ0n) is 13.3. The van der Waals surface area contributed by atoms with Gasteiger partial charge in [-0.05, 0) is 48.2 Å². The molecule has 1 aliphatic rings. The largest absolute Gasteiger partial charge is 0.493 e. The Morgan fingerprint density at radius 1 is 1.28 bits per heavy atom. The van der Waals surface area contributed by atoms with Gasteiger partial charge in [0.1, 0.15) is 0 Å². The Bertz CT molecular complexity index is 873. The van der Waals surface area contributed by atoms with Gasteiger partial charge >= 0.3 is 12.6 Å². The van der Waals surface area contributed by atoms with Crippen LogP contribution in [0, 0.1) is 6.92 Å². The summed E-state index contributed by atoms with van der Waals surface area (Å²) < 4.78 is 39.3. The number of methoxy groups -OCH3 is 1. The van der Waals surface area contributed by atoms with Crippen molar-refractivity contribution in [2.75, 3.05) is 7.11 Å². The molecule has 0 N–H and O–H groups in total. The first-order valence-electron chi connectivity index (χ1n) is 7.18. The molecular weight excluding hydrogens is 352 g/mol. The zero-order valence-corrected chi connectivity index (χ0v) is 14.1. The second kappa shape index (κ2) is 7.02. The fourth-order valence-electron chi connectivity index (χ4n) is 2.18. The van der Waals surface area contributed by atoms with Gasteiger partial charge in [-0.3, -0.25) is 0 Å². The summed E-state index contributed by atoms with van der Waals surface area (Å²) in [5.41, 5.74) is 1.62. The Kier molecular flexibility index (Phi) is 4.80. The standard InChI is InChI=1S/C17H13F2NO4S/c1-9-5-6-25-14(9)8-11-16(21)24-15(20-11)10-3-4-12(23-17(18)19)13(7-10)22-2/h3-8,17H,1-2H3. The number of nitrogens with zero attached hydrogens (tertiary/aromatic N) is 1. The molecule has 0 saturated carbocycles. The smallest absolute Gasteiger partial charge is 0.387 e. The lowest BCUT2D eigenvalue weighted by atomic mass is 10.2. The third-order valence-corrected chi connectivity index (χ3v) is 4.38. The Labute approximate surface area is 146 Å². The first kappa shape index (κ1) is 17.1. The molecule has 1 aliphatic heterocycles. The Morgan fingerprint density at radius 2 is 2.08 bits per heavy atom. The Morgan fingerprint density at radius 3 is 2.72 bits per heavy atom. The number of carbonyl (C=O) groups is 1. The van der Waals surface area contributed by atoms with Crippen molar-refractivity contribution in [2.24, 2.45) is 4.99 Å². The van der Waals surface area contributed by atoms with E-state index in [4.69, 9.17) is 9.47 Å². The predicted molar refractivity (Wildman–Crippen MR) is 89.3 cm³/mol. The van der Waals surface area contributed by atoms with Crippen molar-refractivity contribution in [1.82, 2.24) is 0 Å². The van der Waals surface area contributed by atoms with Crippen molar-refractivity contribution in [3.05, 3.63) is 51.3 Å². The molecule has 3 rings (SSSR count). The van der Waals surface area contributed by atoms with Gasteiger partial charge < -0.3 is 14.2 Å². The highest BCUT2D eigenvalue weighted by molar-refractivity contribution is 7.11. The van der Waals surface area contributed by atoms with E-state index in [9.17, 15) is 13.6 Å². The molecule has 0 aliphatic carbocycles. The fraction of sp³-hybridized carbons (Fsp3) is 0.176. The number of esters is 1. The molecule has 2 heterocycles. The van der Waals surface area contributed by atoms with Gasteiger partial charge in [0.05, 0.1) is 7.11 Å². The lowest BCUT2D eigenvalue weighted by Gasteiger charge is -2.10. The van der Waals surface area contributed by atoms with Gasteiger partial charge in [0, 0.05) is 10.4 Å². The van der Waals surface area contributed by atoms with Crippen LogP contribution in [0.15, 0.2) is 40.3 Å². The molecule has 0 saturated heterocycles. The highest BCUT2D eigenvalue weighted by Gasteiger charge is 2.25. The molecule has 0 bridgehead atoms. The third kappa shape index (κ3) is 3.69. The highest BCUT2D eigenvalue weighted by Crippen LogP contribution is 2.31. The van der Waals surface area contributed by atoms with Crippen LogP contribution in [-0.4, -0.2) is 25.6 Å². The summed E-state index contributed by atoms with van der Waals surface area (Å²) in [6, 6.07) is 6.13. The van der Waals surface area contributed by atoms with Crippen LogP contribution in [0.25, 0.3) is 6.08 Å². The number of aliphatic imine (C=N–C) groups is 1. The van der Waals surface area contributed by atoms with Crippen LogP contribution in [-0.2, 0) is 9.53 Å². The van der Waals surface area contributed by atoms with Gasteiger partial charge in [-0.25, -0.2) is 9.79 Å². The maximum Gasteiger partial charge on any atom is 0.387 e. The van der Waals surface area contributed by atoms with Crippen molar-refractivity contribution < 1.29 is 27.8 Å². The van der Waals surface area contributed by atoms with E-state index in [2.05, 4.69) is 9.73 Å². The molecule has 0 amide bonds. The summed E-state index contributed by atoms with van der Waals surface area (Å²) in [6.45, 7) is -1.04. The van der Waals surface area contributed by atoms with Crippen LogP contribution in [0.2, 0.25) is 0 Å². The normalized spacial score (nSPS) is 15.5. The Balaban J connectivity index is 1.92. The molecule has 5 nitrogen and oxygen atoms in total. The summed E-state index contributed by atoms with van der Waals surface area (Å²) in [7, 11) is 1.32. The minimum Gasteiger partial charge on any atom is -0.493 e. The van der Waals surface area contributed by atoms with Crippen molar-refractivity contribution in [1.29, 1.82) is 0 Å². The molecule has 1 aromatic carbocycles. The van der Waals surface area contributed by atoms with E-state index in [0.717, 1.165) is 10.4 Å². The van der Waals surface area contributed by atoms with E-state index in [1.54, 1.807) is 6.08 Å². The van der Waals surface area contributed by atoms with Crippen LogP contribution in [0.4, 0.5) is 8.78 Å². The van der Waals surface area contributed by atoms with Crippen LogP contribution in [0.1, 0.15) is 16.0 Å². The van der Waals surface area contributed by atoms with Gasteiger partial charge in [0.15, 0.2) is 17.2 Å². The van der Waals surface area contributed by atoms with Crippen LogP contribution in [0.5, 0.6) is 11.5 Å². The minimum atomic E-state index is -2.97. The number of thiophene rings is 1. The van der Waals surface area contributed by atoms with Crippen molar-refractivity contribution in [2.45, 2.75) is 13.5 Å². The topological polar surface area (TPSA) is 57.1 Å². The maximum atomic E-state index is 12.4. The molecular formula is C17H13F2NO4S. The number of aryl methyl sites for hydroxylation is 1. The number of ether oxygens (including phenoxy) is 3. The van der Waals surface area contributed by atoms with Crippen LogP contribution in [0.3, 0.4) is 0 Å². The molecule has 0 spiro atoms. The van der Waals surface area contributed by atoms with E-state index in [1.807, 2.05) is 18.4 Å². The lowest BCUT2D eigenvalue weighted by molar-refractivity contribution is -0.129. The molecule has 2 aromatic rings. The number of cyclic esters (lactones) is 1. The van der Waals surface area contributed by atoms with Gasteiger partial charge in [-0.15, -0.1) is 11.3 Å². The number of hydrogen-bond acceptors (Lipinski definition) is 6. The number of rotatable bonds is 5. The van der Waals surface area contributed by atoms with Gasteiger partial charge in [0.2, 0.25) is 5.90 Å². The van der Waals surface area contributed by atoms with Gasteiger partial charge in [-0.2, -0.15) is 8.78 Å². The first-order chi connectivity index (χ1) is 12.0. The molecule has 130 valence electrons. The third-order valence-electron chi connectivity index (χ3n) is 3.42. The molecule has 0 fully saturated rings. The number of alkyl halides is 2. The number of benzene rings is 1. The number of hydrogen-bond donors (Lipinski definition) is 0. The van der Waals surface area contributed by atoms with E-state index in [-0.39, 0.29) is 23.1 Å². The average Bonchev–Trinajstić information content (AvgIpc) is 3.14. The maximum absolute atomic E-state index is 12.4. The Hall–Kier alpha value is -2.74. The summed E-state index contributed by atoms with van der Waals surface area (Å²) >= 11 is 1.49. The lowest BCUT2D eigenvalue weighted by Crippen LogP contribution is -2.07. The molecule has 25 heavy (non-hydrogen) atoms. The average molecular weight is 365 g/mol. The second-order valence-electron chi connectivity index (χ2n) is 5.05. The molecule has 0 radical (unpaired) electrons. The summed E-state index contributed by atoms with van der Waals surface area (Å²) in [5, 5.41) is 1.92. The highest BCUT2D eigenvalue weighted by atomic mass is 32.1. The summed E-state index contributed by atoms with van der Waals surface area (Å²) in [6.07, 6.45) is 1.65. The number of carbonyl (C=O) groups excluding carboxylic acids is 1. The zero-order chi connectivity index (χ0) is 18.0. The van der Waals surface area contributed by atoms with Crippen LogP contribution < -0.4 is 9.47 Å². The van der Waals surface area contributed by atoms with E-state index in [1.165, 1.54) is 36.6 Å². The first-order valence-corrected chi connectivity index (χ1v) is 8.06. The quantitative estimate of drug-likeness (QED) is 0.593. The van der Waals surface area contributed by atoms with E-state index in [0.29, 0.717) is 5.56 Å². The summed E-state index contributed by atoms with van der Waals surface area (Å²) in [4.78, 5) is 17.1. The SMILES string of the molecule is COc1cc(C2=NC(=Cc3sccc3C)C(=O)O2)ccc1OC(F)F. The van der Waals surface area contributed by atoms with E-state index < -0.39 is 12.6 Å². The minimum absolute atomic E-state index is 0.0763. The number of halogens is 2. The molecule has 0 unspecified atom stereocenters. The van der Waals surface area contributed by atoms with Crippen molar-refractivity contribution in [3.8, 4) is 11.5 Å². The predicted octanol–water partition coefficient (Wildman–Crippen LogP) is 4.01. The molecule has 0 atom stereocenters. The fourth-order valence-corrected chi connectivity index (χ4v) is 3.04. The van der Waals surface area contributed by atoms with Gasteiger partial charge in [-0.1, -0.05) is 0 Å². The van der Waals surface area contributed by atoms with Gasteiger partial charge in [0.25, 0.3) is 0 Å². The van der Waals surface area contributed by atoms with Crippen molar-refractivity contribution >= 4 is 29.3 Å². The van der Waals surface area contributed by atoms with E-state index >= 15 is 0 Å². The molecule has 8 heteroatoms. The molecule has 1 aromatic heterocycles. The monoisotopic (exact) mass is 365 g/mol. The summed E-state index contributed by atoms with van der Waals surface area (Å²) in [5.74, 6) is -0.527.